The van der Waals surface area contributed by atoms with Gasteiger partial charge in [-0.05, 0) is 7.05 Å². The summed E-state index contributed by atoms with van der Waals surface area (Å²) in [6.45, 7) is 5.76. The number of nitro benzene ring substituents is 1. The molecule has 1 aromatic rings. The number of rotatable bonds is 2. The van der Waals surface area contributed by atoms with Gasteiger partial charge >= 0.3 is 11.4 Å². The maximum Gasteiger partial charge on any atom is 0.334 e. The van der Waals surface area contributed by atoms with Gasteiger partial charge in [-0.15, -0.1) is 12.4 Å². The maximum atomic E-state index is 12.5. The number of anilines is 1. The number of piperazine rings is 1. The molecule has 2 aliphatic rings. The fraction of sp³-hybridized carbons (Fsp3) is 0.571. The number of halogens is 2. The average Bonchev–Trinajstić information content (AvgIpc) is 2.51. The van der Waals surface area contributed by atoms with Crippen LogP contribution in [0.25, 0.3) is 0 Å². The molecule has 2 aliphatic heterocycles. The summed E-state index contributed by atoms with van der Waals surface area (Å²) in [5, 5.41) is 28.4. The number of hydrogen-bond acceptors (Lipinski definition) is 7. The van der Waals surface area contributed by atoms with Gasteiger partial charge in [0.15, 0.2) is 5.69 Å². The van der Waals surface area contributed by atoms with Crippen molar-refractivity contribution in [2.75, 3.05) is 38.1 Å². The summed E-state index contributed by atoms with van der Waals surface area (Å²) >= 11 is 6.14. The van der Waals surface area contributed by atoms with E-state index in [1.807, 2.05) is 11.9 Å². The summed E-state index contributed by atoms with van der Waals surface area (Å²) in [7, 11) is 1.98. The molecule has 25 heavy (non-hydrogen) atoms. The van der Waals surface area contributed by atoms with Gasteiger partial charge in [0.25, 0.3) is 0 Å². The molecule has 138 valence electrons. The lowest BCUT2D eigenvalue weighted by atomic mass is 10.1. The van der Waals surface area contributed by atoms with Crippen molar-refractivity contribution in [3.63, 3.8) is 0 Å². The zero-order valence-corrected chi connectivity index (χ0v) is 15.6. The van der Waals surface area contributed by atoms with Crippen LogP contribution in [0.1, 0.15) is 13.8 Å². The second-order valence-corrected chi connectivity index (χ2v) is 6.80. The number of likely N-dealkylation sites (N-methyl/N-ethyl adjacent to an activating group) is 1. The minimum atomic E-state index is -1.20. The van der Waals surface area contributed by atoms with Crippen LogP contribution in [-0.2, 0) is 4.84 Å². The Hall–Kier alpha value is -1.84. The number of fused-ring (bicyclic) bond motifs is 1. The Labute approximate surface area is 155 Å². The highest BCUT2D eigenvalue weighted by atomic mass is 35.5. The second-order valence-electron chi connectivity index (χ2n) is 6.39. The molecule has 0 aromatic heterocycles. The van der Waals surface area contributed by atoms with Gasteiger partial charge < -0.3 is 19.8 Å². The Morgan fingerprint density at radius 3 is 2.52 bits per heavy atom. The second kappa shape index (κ2) is 6.81. The summed E-state index contributed by atoms with van der Waals surface area (Å²) < 4.78 is 0.643. The van der Waals surface area contributed by atoms with E-state index in [9.17, 15) is 15.3 Å². The van der Waals surface area contributed by atoms with E-state index >= 15 is 0 Å². The Balaban J connectivity index is 0.00000225. The van der Waals surface area contributed by atoms with Crippen LogP contribution in [0.5, 0.6) is 0 Å². The van der Waals surface area contributed by atoms with Crippen molar-refractivity contribution in [2.24, 2.45) is 5.16 Å². The number of nitro groups is 1. The molecule has 0 N–H and O–H groups in total. The predicted octanol–water partition coefficient (Wildman–Crippen LogP) is 0.712. The smallest absolute Gasteiger partial charge is 0.334 e. The Morgan fingerprint density at radius 1 is 1.36 bits per heavy atom. The highest BCUT2D eigenvalue weighted by molar-refractivity contribution is 6.33. The third-order valence-corrected chi connectivity index (χ3v) is 4.54. The average molecular weight is 392 g/mol. The molecule has 1 fully saturated rings. The largest absolute Gasteiger partial charge is 0.620 e. The molecule has 0 aliphatic carbocycles. The normalized spacial score (nSPS) is 19.4. The van der Waals surface area contributed by atoms with Crippen LogP contribution in [0.2, 0.25) is 5.02 Å². The van der Waals surface area contributed by atoms with Gasteiger partial charge in [-0.25, -0.2) is 0 Å². The zero-order chi connectivity index (χ0) is 17.6. The standard InChI is InChI=1S/C14H18ClN5O4.ClH/c1-14(2)19(21)10-8-9(15)12(20(22)23)13(11(10)16-24-14)18-6-4-17(3)5-7-18;/h8H,4-7H2,1-3H3;1H. The zero-order valence-electron chi connectivity index (χ0n) is 14.1. The Bertz CT molecular complexity index is 821. The first kappa shape index (κ1) is 19.5. The lowest BCUT2D eigenvalue weighted by Gasteiger charge is -2.34. The summed E-state index contributed by atoms with van der Waals surface area (Å²) in [6.07, 6.45) is 0. The van der Waals surface area contributed by atoms with Crippen molar-refractivity contribution >= 4 is 35.4 Å². The molecule has 1 saturated heterocycles. The monoisotopic (exact) mass is 391 g/mol. The van der Waals surface area contributed by atoms with Crippen molar-refractivity contribution in [3.05, 3.63) is 37.1 Å². The highest BCUT2D eigenvalue weighted by Gasteiger charge is 2.37. The molecule has 9 nitrogen and oxygen atoms in total. The van der Waals surface area contributed by atoms with E-state index in [1.165, 1.54) is 6.07 Å². The molecular weight excluding hydrogens is 373 g/mol. The Morgan fingerprint density at radius 2 is 1.96 bits per heavy atom. The van der Waals surface area contributed by atoms with E-state index < -0.39 is 10.6 Å². The fourth-order valence-electron chi connectivity index (χ4n) is 2.84. The third kappa shape index (κ3) is 3.31. The van der Waals surface area contributed by atoms with E-state index in [4.69, 9.17) is 16.4 Å². The molecule has 1 aromatic carbocycles. The lowest BCUT2D eigenvalue weighted by Crippen LogP contribution is -2.55. The van der Waals surface area contributed by atoms with Crippen molar-refractivity contribution in [2.45, 2.75) is 19.6 Å². The van der Waals surface area contributed by atoms with E-state index in [-0.39, 0.29) is 39.5 Å². The lowest BCUT2D eigenvalue weighted by molar-refractivity contribution is -0.384. The van der Waals surface area contributed by atoms with E-state index in [1.54, 1.807) is 13.8 Å². The van der Waals surface area contributed by atoms with E-state index in [2.05, 4.69) is 10.1 Å². The molecule has 0 unspecified atom stereocenters. The van der Waals surface area contributed by atoms with Crippen LogP contribution in [0.4, 0.5) is 11.4 Å². The number of hydroxylamine groups is 1. The Kier molecular flexibility index (Phi) is 5.31. The third-order valence-electron chi connectivity index (χ3n) is 4.25. The van der Waals surface area contributed by atoms with Gasteiger partial charge in [0, 0.05) is 46.1 Å². The number of hydrogen-bond donors (Lipinski definition) is 0. The summed E-state index contributed by atoms with van der Waals surface area (Å²) in [5.74, 6) is 0. The molecule has 3 rings (SSSR count). The van der Waals surface area contributed by atoms with E-state index in [0.717, 1.165) is 13.1 Å². The molecule has 0 radical (unpaired) electrons. The summed E-state index contributed by atoms with van der Waals surface area (Å²) in [6, 6.07) is 1.29. The van der Waals surface area contributed by atoms with Crippen molar-refractivity contribution < 1.29 is 9.76 Å². The molecule has 0 amide bonds. The molecule has 0 saturated carbocycles. The SMILES string of the molecule is CN1CCN(c2c([N+](=O)[O-])c(Cl)cc3c2=NOC(C)(C)[N+]=3[O-])CC1.Cl. The van der Waals surface area contributed by atoms with Crippen LogP contribution in [-0.4, -0.2) is 48.8 Å². The molecule has 11 heteroatoms. The number of nitrogens with zero attached hydrogens (tertiary/aromatic N) is 5. The fourth-order valence-corrected chi connectivity index (χ4v) is 3.10. The molecule has 0 bridgehead atoms. The maximum absolute atomic E-state index is 12.5. The molecule has 2 heterocycles. The van der Waals surface area contributed by atoms with Crippen LogP contribution in [0.3, 0.4) is 0 Å². The van der Waals surface area contributed by atoms with Crippen LogP contribution < -0.4 is 20.4 Å². The van der Waals surface area contributed by atoms with Gasteiger partial charge in [0.1, 0.15) is 5.02 Å². The van der Waals surface area contributed by atoms with Gasteiger partial charge in [-0.1, -0.05) is 16.8 Å². The minimum Gasteiger partial charge on any atom is -0.620 e. The van der Waals surface area contributed by atoms with Crippen LogP contribution in [0, 0.1) is 15.3 Å². The first-order chi connectivity index (χ1) is 11.2. The summed E-state index contributed by atoms with van der Waals surface area (Å²) in [5.41, 5.74) is -1.21. The topological polar surface area (TPSA) is 97.3 Å². The highest BCUT2D eigenvalue weighted by Crippen LogP contribution is 2.32. The molecule has 0 atom stereocenters. The molecular formula is C14H19Cl2N5O4. The number of benzene rings is 1. The van der Waals surface area contributed by atoms with Gasteiger partial charge in [-0.2, -0.15) is 4.74 Å². The van der Waals surface area contributed by atoms with Gasteiger partial charge in [-0.3, -0.25) is 10.1 Å². The first-order valence-corrected chi connectivity index (χ1v) is 7.91. The minimum absolute atomic E-state index is 0. The predicted molar refractivity (Wildman–Crippen MR) is 95.6 cm³/mol. The van der Waals surface area contributed by atoms with Crippen LogP contribution in [0.15, 0.2) is 11.2 Å². The van der Waals surface area contributed by atoms with Crippen molar-refractivity contribution in [3.8, 4) is 0 Å². The van der Waals surface area contributed by atoms with Gasteiger partial charge in [0.2, 0.25) is 10.7 Å². The van der Waals surface area contributed by atoms with Gasteiger partial charge in [0.05, 0.1) is 4.92 Å². The van der Waals surface area contributed by atoms with Crippen LogP contribution >= 0.6 is 24.0 Å². The van der Waals surface area contributed by atoms with E-state index in [0.29, 0.717) is 17.8 Å². The summed E-state index contributed by atoms with van der Waals surface area (Å²) in [4.78, 5) is 20.2. The van der Waals surface area contributed by atoms with Crippen molar-refractivity contribution in [1.29, 1.82) is 0 Å². The quantitative estimate of drug-likeness (QED) is 0.318. The molecule has 0 spiro atoms. The first-order valence-electron chi connectivity index (χ1n) is 7.53. The van der Waals surface area contributed by atoms with Crippen molar-refractivity contribution in [1.82, 2.24) is 9.64 Å².